The molecule has 0 radical (unpaired) electrons. The van der Waals surface area contributed by atoms with Crippen molar-refractivity contribution in [3.63, 3.8) is 0 Å². The van der Waals surface area contributed by atoms with E-state index in [1.54, 1.807) is 18.2 Å². The van der Waals surface area contributed by atoms with Crippen LogP contribution in [0.15, 0.2) is 53.4 Å². The van der Waals surface area contributed by atoms with Crippen molar-refractivity contribution in [2.75, 3.05) is 0 Å². The van der Waals surface area contributed by atoms with Crippen molar-refractivity contribution >= 4 is 63.5 Å². The van der Waals surface area contributed by atoms with Gasteiger partial charge in [0.25, 0.3) is 17.5 Å². The van der Waals surface area contributed by atoms with Crippen molar-refractivity contribution in [1.82, 2.24) is 10.4 Å². The second-order valence-corrected chi connectivity index (χ2v) is 7.39. The van der Waals surface area contributed by atoms with Crippen molar-refractivity contribution < 1.29 is 14.5 Å². The highest BCUT2D eigenvalue weighted by Gasteiger charge is 2.34. The molecule has 1 aliphatic heterocycles. The van der Waals surface area contributed by atoms with E-state index in [2.05, 4.69) is 5.43 Å². The molecule has 0 saturated carbocycles. The lowest BCUT2D eigenvalue weighted by molar-refractivity contribution is -0.385. The number of nitrogens with zero attached hydrogens (tertiary/aromatic N) is 2. The molecule has 2 aromatic rings. The molecule has 2 amide bonds. The van der Waals surface area contributed by atoms with Crippen LogP contribution in [0.1, 0.15) is 15.9 Å². The Morgan fingerprint density at radius 2 is 1.89 bits per heavy atom. The van der Waals surface area contributed by atoms with E-state index >= 15 is 0 Å². The van der Waals surface area contributed by atoms with Crippen LogP contribution in [-0.2, 0) is 4.79 Å². The van der Waals surface area contributed by atoms with Crippen molar-refractivity contribution in [3.05, 3.63) is 79.7 Å². The van der Waals surface area contributed by atoms with E-state index in [0.29, 0.717) is 10.6 Å². The average Bonchev–Trinajstić information content (AvgIpc) is 2.90. The molecule has 1 aliphatic rings. The molecule has 136 valence electrons. The standard InChI is InChI=1S/C17H10ClN3O4S2/c18-12-7-5-10(6-8-12)15(22)19-20-16(23)14(27-17(20)26)9-11-3-1-2-4-13(11)21(24)25/h1-9H,(H,19,22)/b14-9+. The van der Waals surface area contributed by atoms with Gasteiger partial charge in [0.2, 0.25) is 0 Å². The Morgan fingerprint density at radius 3 is 2.56 bits per heavy atom. The predicted octanol–water partition coefficient (Wildman–Crippen LogP) is 3.79. The number of hydrazine groups is 1. The maximum atomic E-state index is 12.6. The Balaban J connectivity index is 1.82. The first-order chi connectivity index (χ1) is 12.9. The number of benzene rings is 2. The zero-order valence-electron chi connectivity index (χ0n) is 13.4. The molecule has 1 heterocycles. The quantitative estimate of drug-likeness (QED) is 0.351. The molecule has 7 nitrogen and oxygen atoms in total. The van der Waals surface area contributed by atoms with Gasteiger partial charge >= 0.3 is 0 Å². The van der Waals surface area contributed by atoms with Gasteiger partial charge in [-0.1, -0.05) is 35.5 Å². The molecule has 0 aromatic heterocycles. The maximum Gasteiger partial charge on any atom is 0.285 e. The molecule has 0 atom stereocenters. The summed E-state index contributed by atoms with van der Waals surface area (Å²) in [5, 5.41) is 12.5. The third-order valence-corrected chi connectivity index (χ3v) is 5.09. The number of thioether (sulfide) groups is 1. The molecular formula is C17H10ClN3O4S2. The van der Waals surface area contributed by atoms with Crippen LogP contribution in [0, 0.1) is 10.1 Å². The van der Waals surface area contributed by atoms with Gasteiger partial charge < -0.3 is 0 Å². The van der Waals surface area contributed by atoms with Crippen molar-refractivity contribution in [2.45, 2.75) is 0 Å². The molecule has 0 spiro atoms. The fraction of sp³-hybridized carbons (Fsp3) is 0. The average molecular weight is 420 g/mol. The molecule has 0 bridgehead atoms. The summed E-state index contributed by atoms with van der Waals surface area (Å²) in [5.74, 6) is -1.10. The van der Waals surface area contributed by atoms with Crippen LogP contribution >= 0.6 is 35.6 Å². The molecule has 1 fully saturated rings. The number of para-hydroxylation sites is 1. The van der Waals surface area contributed by atoms with Gasteiger partial charge in [0.05, 0.1) is 15.4 Å². The van der Waals surface area contributed by atoms with Crippen LogP contribution < -0.4 is 5.43 Å². The van der Waals surface area contributed by atoms with Gasteiger partial charge in [-0.05, 0) is 48.6 Å². The number of thiocarbonyl (C=S) groups is 1. The minimum absolute atomic E-state index is 0.118. The smallest absolute Gasteiger partial charge is 0.267 e. The number of nitrogens with one attached hydrogen (secondary N) is 1. The summed E-state index contributed by atoms with van der Waals surface area (Å²) < 4.78 is 0.118. The first-order valence-electron chi connectivity index (χ1n) is 7.45. The third-order valence-electron chi connectivity index (χ3n) is 3.53. The second-order valence-electron chi connectivity index (χ2n) is 5.28. The van der Waals surface area contributed by atoms with E-state index < -0.39 is 16.7 Å². The summed E-state index contributed by atoms with van der Waals surface area (Å²) in [4.78, 5) is 35.6. The van der Waals surface area contributed by atoms with Gasteiger partial charge in [0.15, 0.2) is 4.32 Å². The number of carbonyl (C=O) groups excluding carboxylic acids is 2. The van der Waals surface area contributed by atoms with Gasteiger partial charge in [0, 0.05) is 16.7 Å². The highest BCUT2D eigenvalue weighted by atomic mass is 35.5. The van der Waals surface area contributed by atoms with Gasteiger partial charge in [-0.2, -0.15) is 5.01 Å². The molecule has 2 aromatic carbocycles. The van der Waals surface area contributed by atoms with Gasteiger partial charge in [0.1, 0.15) is 0 Å². The number of hydrogen-bond donors (Lipinski definition) is 1. The van der Waals surface area contributed by atoms with Crippen molar-refractivity contribution in [2.24, 2.45) is 0 Å². The molecule has 1 N–H and O–H groups in total. The first-order valence-corrected chi connectivity index (χ1v) is 9.05. The summed E-state index contributed by atoms with van der Waals surface area (Å²) in [6.07, 6.45) is 1.38. The Bertz CT molecular complexity index is 992. The summed E-state index contributed by atoms with van der Waals surface area (Å²) in [6, 6.07) is 12.2. The molecule has 27 heavy (non-hydrogen) atoms. The lowest BCUT2D eigenvalue weighted by Gasteiger charge is -2.15. The largest absolute Gasteiger partial charge is 0.285 e. The van der Waals surface area contributed by atoms with Crippen LogP contribution in [0.2, 0.25) is 5.02 Å². The summed E-state index contributed by atoms with van der Waals surface area (Å²) >= 11 is 11.9. The molecule has 1 saturated heterocycles. The fourth-order valence-corrected chi connectivity index (χ4v) is 3.54. The summed E-state index contributed by atoms with van der Waals surface area (Å²) in [7, 11) is 0. The Morgan fingerprint density at radius 1 is 1.22 bits per heavy atom. The van der Waals surface area contributed by atoms with Gasteiger partial charge in [-0.25, -0.2) is 0 Å². The minimum Gasteiger partial charge on any atom is -0.267 e. The van der Waals surface area contributed by atoms with E-state index in [9.17, 15) is 19.7 Å². The second kappa shape index (κ2) is 7.87. The lowest BCUT2D eigenvalue weighted by atomic mass is 10.1. The Hall–Kier alpha value is -2.75. The zero-order valence-corrected chi connectivity index (χ0v) is 15.8. The van der Waals surface area contributed by atoms with Gasteiger partial charge in [-0.15, -0.1) is 0 Å². The van der Waals surface area contributed by atoms with Crippen LogP contribution in [0.5, 0.6) is 0 Å². The molecule has 10 heteroatoms. The molecule has 0 aliphatic carbocycles. The van der Waals surface area contributed by atoms with Crippen LogP contribution in [0.4, 0.5) is 5.69 Å². The number of rotatable bonds is 4. The van der Waals surface area contributed by atoms with E-state index in [1.165, 1.54) is 36.4 Å². The Labute approximate surface area is 168 Å². The van der Waals surface area contributed by atoms with Crippen LogP contribution in [0.3, 0.4) is 0 Å². The zero-order chi connectivity index (χ0) is 19.6. The summed E-state index contributed by atoms with van der Waals surface area (Å²) in [5.41, 5.74) is 2.87. The number of halogens is 1. The van der Waals surface area contributed by atoms with Crippen molar-refractivity contribution in [1.29, 1.82) is 0 Å². The van der Waals surface area contributed by atoms with Crippen molar-refractivity contribution in [3.8, 4) is 0 Å². The predicted molar refractivity (Wildman–Crippen MR) is 107 cm³/mol. The molecule has 0 unspecified atom stereocenters. The number of nitro groups is 1. The minimum atomic E-state index is -0.564. The van der Waals surface area contributed by atoms with E-state index in [0.717, 1.165) is 16.8 Å². The first kappa shape index (κ1) is 19.0. The Kier molecular flexibility index (Phi) is 5.54. The fourth-order valence-electron chi connectivity index (χ4n) is 2.25. The van der Waals surface area contributed by atoms with Gasteiger partial charge in [-0.3, -0.25) is 25.1 Å². The lowest BCUT2D eigenvalue weighted by Crippen LogP contribution is -2.44. The molecular weight excluding hydrogens is 410 g/mol. The van der Waals surface area contributed by atoms with Crippen LogP contribution in [-0.4, -0.2) is 26.1 Å². The highest BCUT2D eigenvalue weighted by molar-refractivity contribution is 8.26. The molecule has 3 rings (SSSR count). The maximum absolute atomic E-state index is 12.6. The van der Waals surface area contributed by atoms with Crippen LogP contribution in [0.25, 0.3) is 6.08 Å². The number of nitro benzene ring substituents is 1. The van der Waals surface area contributed by atoms with E-state index in [1.807, 2.05) is 0 Å². The number of hydrogen-bond acceptors (Lipinski definition) is 6. The number of carbonyl (C=O) groups is 2. The normalized spacial score (nSPS) is 15.3. The van der Waals surface area contributed by atoms with E-state index in [4.69, 9.17) is 23.8 Å². The topological polar surface area (TPSA) is 92.6 Å². The number of amides is 2. The monoisotopic (exact) mass is 419 g/mol. The third kappa shape index (κ3) is 4.16. The highest BCUT2D eigenvalue weighted by Crippen LogP contribution is 2.33. The summed E-state index contributed by atoms with van der Waals surface area (Å²) in [6.45, 7) is 0. The SMILES string of the molecule is O=C(NN1C(=O)/C(=C\c2ccccc2[N+](=O)[O-])SC1=S)c1ccc(Cl)cc1. The van der Waals surface area contributed by atoms with E-state index in [-0.39, 0.29) is 20.5 Å².